The van der Waals surface area contributed by atoms with Crippen LogP contribution in [0.4, 0.5) is 10.1 Å². The first-order valence-corrected chi connectivity index (χ1v) is 8.05. The van der Waals surface area contributed by atoms with E-state index in [9.17, 15) is 14.0 Å². The van der Waals surface area contributed by atoms with Gasteiger partial charge in [0.2, 0.25) is 0 Å². The third-order valence-corrected chi connectivity index (χ3v) is 3.59. The van der Waals surface area contributed by atoms with E-state index in [1.54, 1.807) is 31.4 Å². The Bertz CT molecular complexity index is 838. The molecular formula is C19H17ClFNO4. The van der Waals surface area contributed by atoms with Crippen LogP contribution in [-0.2, 0) is 14.3 Å². The molecule has 0 saturated heterocycles. The van der Waals surface area contributed by atoms with Crippen molar-refractivity contribution in [3.63, 3.8) is 0 Å². The monoisotopic (exact) mass is 377 g/mol. The fraction of sp³-hybridized carbons (Fsp3) is 0.158. The molecule has 2 rings (SSSR count). The molecule has 26 heavy (non-hydrogen) atoms. The number of carbonyl (C=O) groups is 2. The number of benzene rings is 2. The average Bonchev–Trinajstić information content (AvgIpc) is 2.62. The summed E-state index contributed by atoms with van der Waals surface area (Å²) in [6.45, 7) is 1.39. The Morgan fingerprint density at radius 3 is 2.69 bits per heavy atom. The number of rotatable bonds is 6. The molecule has 2 aromatic rings. The van der Waals surface area contributed by atoms with E-state index < -0.39 is 23.8 Å². The van der Waals surface area contributed by atoms with Gasteiger partial charge in [-0.1, -0.05) is 23.7 Å². The van der Waals surface area contributed by atoms with Crippen LogP contribution >= 0.6 is 11.6 Å². The Hall–Kier alpha value is -2.86. The SMILES string of the molecule is COc1cccc(/C=C/C(=O)OC(C)C(=O)Nc2ccc(Cl)cc2F)c1. The molecule has 1 N–H and O–H groups in total. The Kier molecular flexibility index (Phi) is 6.74. The molecule has 0 aromatic heterocycles. The second-order valence-corrected chi connectivity index (χ2v) is 5.74. The highest BCUT2D eigenvalue weighted by atomic mass is 35.5. The molecule has 0 aliphatic rings. The number of hydrogen-bond acceptors (Lipinski definition) is 4. The summed E-state index contributed by atoms with van der Waals surface area (Å²) in [6.07, 6.45) is 1.63. The average molecular weight is 378 g/mol. The lowest BCUT2D eigenvalue weighted by Crippen LogP contribution is -2.29. The molecule has 1 atom stereocenters. The third kappa shape index (κ3) is 5.60. The molecule has 0 heterocycles. The van der Waals surface area contributed by atoms with Crippen LogP contribution in [0.3, 0.4) is 0 Å². The fourth-order valence-corrected chi connectivity index (χ4v) is 2.16. The predicted octanol–water partition coefficient (Wildman–Crippen LogP) is 4.07. The van der Waals surface area contributed by atoms with Crippen LogP contribution < -0.4 is 10.1 Å². The molecule has 0 fully saturated rings. The van der Waals surface area contributed by atoms with Gasteiger partial charge < -0.3 is 14.8 Å². The van der Waals surface area contributed by atoms with Crippen LogP contribution in [0.15, 0.2) is 48.5 Å². The summed E-state index contributed by atoms with van der Waals surface area (Å²) in [5, 5.41) is 2.55. The van der Waals surface area contributed by atoms with Crippen molar-refractivity contribution in [3.05, 3.63) is 64.9 Å². The van der Waals surface area contributed by atoms with E-state index in [-0.39, 0.29) is 10.7 Å². The second-order valence-electron chi connectivity index (χ2n) is 5.30. The number of esters is 1. The van der Waals surface area contributed by atoms with Gasteiger partial charge in [-0.15, -0.1) is 0 Å². The van der Waals surface area contributed by atoms with Gasteiger partial charge in [-0.05, 0) is 48.9 Å². The summed E-state index contributed by atoms with van der Waals surface area (Å²) in [5.41, 5.74) is 0.691. The van der Waals surface area contributed by atoms with Crippen molar-refractivity contribution in [2.75, 3.05) is 12.4 Å². The smallest absolute Gasteiger partial charge is 0.331 e. The van der Waals surface area contributed by atoms with Gasteiger partial charge in [0.1, 0.15) is 11.6 Å². The van der Waals surface area contributed by atoms with Gasteiger partial charge >= 0.3 is 5.97 Å². The molecule has 0 spiro atoms. The topological polar surface area (TPSA) is 64.6 Å². The summed E-state index contributed by atoms with van der Waals surface area (Å²) >= 11 is 5.65. The standard InChI is InChI=1S/C19H17ClFNO4/c1-12(19(24)22-17-8-7-14(20)11-16(17)21)26-18(23)9-6-13-4-3-5-15(10-13)25-2/h3-12H,1-2H3,(H,22,24)/b9-6+. The predicted molar refractivity (Wildman–Crippen MR) is 97.6 cm³/mol. The maximum absolute atomic E-state index is 13.7. The quantitative estimate of drug-likeness (QED) is 0.608. The lowest BCUT2D eigenvalue weighted by Gasteiger charge is -2.13. The van der Waals surface area contributed by atoms with E-state index in [1.807, 2.05) is 0 Å². The summed E-state index contributed by atoms with van der Waals surface area (Å²) in [4.78, 5) is 23.9. The van der Waals surface area contributed by atoms with E-state index in [2.05, 4.69) is 5.32 Å². The van der Waals surface area contributed by atoms with Crippen molar-refractivity contribution in [1.29, 1.82) is 0 Å². The molecule has 5 nitrogen and oxygen atoms in total. The highest BCUT2D eigenvalue weighted by molar-refractivity contribution is 6.30. The summed E-state index contributed by atoms with van der Waals surface area (Å²) in [6, 6.07) is 10.9. The van der Waals surface area contributed by atoms with Gasteiger partial charge in [0.25, 0.3) is 5.91 Å². The molecule has 2 aromatic carbocycles. The minimum Gasteiger partial charge on any atom is -0.497 e. The van der Waals surface area contributed by atoms with Gasteiger partial charge in [0.05, 0.1) is 12.8 Å². The molecule has 0 bridgehead atoms. The number of carbonyl (C=O) groups excluding carboxylic acids is 2. The Morgan fingerprint density at radius 2 is 2.00 bits per heavy atom. The molecule has 7 heteroatoms. The number of halogens is 2. The maximum atomic E-state index is 13.7. The number of amides is 1. The normalized spacial score (nSPS) is 11.8. The zero-order valence-corrected chi connectivity index (χ0v) is 14.9. The first-order valence-electron chi connectivity index (χ1n) is 7.67. The van der Waals surface area contributed by atoms with Gasteiger partial charge in [-0.25, -0.2) is 9.18 Å². The number of methoxy groups -OCH3 is 1. The van der Waals surface area contributed by atoms with Crippen molar-refractivity contribution >= 4 is 35.2 Å². The van der Waals surface area contributed by atoms with Crippen molar-refractivity contribution in [2.45, 2.75) is 13.0 Å². The van der Waals surface area contributed by atoms with Gasteiger partial charge in [0.15, 0.2) is 6.10 Å². The maximum Gasteiger partial charge on any atom is 0.331 e. The van der Waals surface area contributed by atoms with Crippen molar-refractivity contribution < 1.29 is 23.5 Å². The lowest BCUT2D eigenvalue weighted by atomic mass is 10.2. The third-order valence-electron chi connectivity index (χ3n) is 3.36. The van der Waals surface area contributed by atoms with Crippen LogP contribution in [0.5, 0.6) is 5.75 Å². The Balaban J connectivity index is 1.93. The highest BCUT2D eigenvalue weighted by Crippen LogP contribution is 2.19. The number of anilines is 1. The largest absolute Gasteiger partial charge is 0.497 e. The molecule has 0 saturated carbocycles. The minimum atomic E-state index is -1.10. The summed E-state index contributed by atoms with van der Waals surface area (Å²) in [7, 11) is 1.54. The van der Waals surface area contributed by atoms with Gasteiger partial charge in [0, 0.05) is 11.1 Å². The number of ether oxygens (including phenoxy) is 2. The van der Waals surface area contributed by atoms with Crippen LogP contribution in [0.25, 0.3) is 6.08 Å². The highest BCUT2D eigenvalue weighted by Gasteiger charge is 2.18. The first kappa shape index (κ1) is 19.5. The number of hydrogen-bond donors (Lipinski definition) is 1. The van der Waals surface area contributed by atoms with Crippen LogP contribution in [-0.4, -0.2) is 25.1 Å². The Labute approximate surface area is 155 Å². The molecule has 136 valence electrons. The lowest BCUT2D eigenvalue weighted by molar-refractivity contribution is -0.148. The van der Waals surface area contributed by atoms with E-state index in [0.717, 1.165) is 11.6 Å². The zero-order chi connectivity index (χ0) is 19.1. The zero-order valence-electron chi connectivity index (χ0n) is 14.2. The van der Waals surface area contributed by atoms with Gasteiger partial charge in [-0.2, -0.15) is 0 Å². The summed E-state index contributed by atoms with van der Waals surface area (Å²) in [5.74, 6) is -1.39. The summed E-state index contributed by atoms with van der Waals surface area (Å²) < 4.78 is 23.8. The number of nitrogens with one attached hydrogen (secondary N) is 1. The second kappa shape index (κ2) is 9.01. The van der Waals surface area contributed by atoms with Crippen LogP contribution in [0.1, 0.15) is 12.5 Å². The van der Waals surface area contributed by atoms with Crippen LogP contribution in [0, 0.1) is 5.82 Å². The molecule has 0 aliphatic heterocycles. The van der Waals surface area contributed by atoms with E-state index in [0.29, 0.717) is 5.75 Å². The van der Waals surface area contributed by atoms with Crippen molar-refractivity contribution in [1.82, 2.24) is 0 Å². The van der Waals surface area contributed by atoms with Crippen LogP contribution in [0.2, 0.25) is 5.02 Å². The molecular weight excluding hydrogens is 361 g/mol. The molecule has 0 aliphatic carbocycles. The molecule has 1 unspecified atom stereocenters. The van der Waals surface area contributed by atoms with Gasteiger partial charge in [-0.3, -0.25) is 4.79 Å². The van der Waals surface area contributed by atoms with Crippen molar-refractivity contribution in [2.24, 2.45) is 0 Å². The van der Waals surface area contributed by atoms with E-state index >= 15 is 0 Å². The first-order chi connectivity index (χ1) is 12.4. The van der Waals surface area contributed by atoms with E-state index in [4.69, 9.17) is 21.1 Å². The Morgan fingerprint density at radius 1 is 1.23 bits per heavy atom. The van der Waals surface area contributed by atoms with E-state index in [1.165, 1.54) is 31.2 Å². The molecule has 0 radical (unpaired) electrons. The molecule has 1 amide bonds. The fourth-order valence-electron chi connectivity index (χ4n) is 2.00. The minimum absolute atomic E-state index is 0.0470. The van der Waals surface area contributed by atoms with Crippen molar-refractivity contribution in [3.8, 4) is 5.75 Å².